The molecule has 0 saturated carbocycles. The van der Waals surface area contributed by atoms with Gasteiger partial charge in [0.2, 0.25) is 0 Å². The Morgan fingerprint density at radius 3 is 1.86 bits per heavy atom. The molecule has 0 aliphatic carbocycles. The number of aliphatic carboxylic acids is 2. The van der Waals surface area contributed by atoms with Crippen molar-refractivity contribution < 1.29 is 39.5 Å². The van der Waals surface area contributed by atoms with Gasteiger partial charge in [-0.15, -0.1) is 0 Å². The molecule has 0 saturated heterocycles. The van der Waals surface area contributed by atoms with E-state index in [-0.39, 0.29) is 12.1 Å². The van der Waals surface area contributed by atoms with Crippen molar-refractivity contribution in [2.75, 3.05) is 27.2 Å². The van der Waals surface area contributed by atoms with E-state index >= 15 is 0 Å². The van der Waals surface area contributed by atoms with E-state index in [2.05, 4.69) is 11.8 Å². The highest BCUT2D eigenvalue weighted by Gasteiger charge is 2.29. The molecule has 3 atom stereocenters. The molecule has 0 aliphatic heterocycles. The van der Waals surface area contributed by atoms with Crippen molar-refractivity contribution in [2.45, 2.75) is 39.0 Å². The molecule has 0 aromatic heterocycles. The van der Waals surface area contributed by atoms with Gasteiger partial charge in [-0.2, -0.15) is 0 Å². The first kappa shape index (κ1) is 26.3. The second-order valence-electron chi connectivity index (χ2n) is 6.32. The first-order chi connectivity index (χ1) is 13.5. The van der Waals surface area contributed by atoms with E-state index in [1.807, 2.05) is 52.2 Å². The molecule has 164 valence electrons. The molecule has 0 aliphatic rings. The number of carboxylic acids is 2. The van der Waals surface area contributed by atoms with Gasteiger partial charge in [0, 0.05) is 19.1 Å². The Morgan fingerprint density at radius 1 is 1.00 bits per heavy atom. The van der Waals surface area contributed by atoms with Crippen LogP contribution in [0.1, 0.15) is 32.4 Å². The molecule has 1 rings (SSSR count). The summed E-state index contributed by atoms with van der Waals surface area (Å²) in [4.78, 5) is 35.2. The summed E-state index contributed by atoms with van der Waals surface area (Å²) in [6.45, 7) is 7.31. The second-order valence-corrected chi connectivity index (χ2v) is 6.32. The summed E-state index contributed by atoms with van der Waals surface area (Å²) in [7, 11) is 4.05. The number of hydrogen-bond donors (Lipinski definition) is 4. The minimum absolute atomic E-state index is 0.284. The highest BCUT2D eigenvalue weighted by molar-refractivity contribution is 5.83. The summed E-state index contributed by atoms with van der Waals surface area (Å²) in [6.07, 6.45) is -4.82. The summed E-state index contributed by atoms with van der Waals surface area (Å²) >= 11 is 0. The van der Waals surface area contributed by atoms with Gasteiger partial charge in [-0.1, -0.05) is 12.1 Å². The summed E-state index contributed by atoms with van der Waals surface area (Å²) in [6, 6.07) is 7.98. The van der Waals surface area contributed by atoms with Gasteiger partial charge in [0.1, 0.15) is 5.75 Å². The van der Waals surface area contributed by atoms with Gasteiger partial charge in [-0.05, 0) is 52.6 Å². The Morgan fingerprint density at radius 2 is 1.48 bits per heavy atom. The topological polar surface area (TPSA) is 148 Å². The van der Waals surface area contributed by atoms with Crippen LogP contribution in [0, 0.1) is 0 Å². The van der Waals surface area contributed by atoms with Crippen molar-refractivity contribution in [1.29, 1.82) is 0 Å². The fourth-order valence-corrected chi connectivity index (χ4v) is 2.05. The van der Waals surface area contributed by atoms with Crippen LogP contribution in [0.15, 0.2) is 24.3 Å². The number of aliphatic hydroxyl groups excluding tert-OH is 2. The van der Waals surface area contributed by atoms with Crippen LogP contribution in [-0.4, -0.2) is 87.7 Å². The fraction of sp³-hybridized carbons (Fsp3) is 0.526. The van der Waals surface area contributed by atoms with Gasteiger partial charge in [-0.25, -0.2) is 14.4 Å². The monoisotopic (exact) mass is 414 g/mol. The number of carboxylic acid groups (broad SMARTS) is 2. The van der Waals surface area contributed by atoms with Crippen LogP contribution in [0.25, 0.3) is 0 Å². The molecule has 1 amide bonds. The Hall–Kier alpha value is -2.69. The van der Waals surface area contributed by atoms with Crippen molar-refractivity contribution in [3.8, 4) is 5.75 Å². The first-order valence-electron chi connectivity index (χ1n) is 9.01. The Kier molecular flexibility index (Phi) is 11.5. The molecule has 0 heterocycles. The van der Waals surface area contributed by atoms with Crippen molar-refractivity contribution in [3.05, 3.63) is 29.8 Å². The molecule has 0 spiro atoms. The highest BCUT2D eigenvalue weighted by Crippen LogP contribution is 2.22. The van der Waals surface area contributed by atoms with Crippen LogP contribution in [0.5, 0.6) is 5.75 Å². The van der Waals surface area contributed by atoms with Gasteiger partial charge in [0.05, 0.1) is 0 Å². The minimum atomic E-state index is -2.27. The Balaban J connectivity index is 0.000000665. The standard InChI is InChI=1S/C15H24N2O2.C4H6O6/c1-6-17(7-2)15(18)19-14-10-8-9-13(11-14)12(3)16(4)5;5-1(3(7)8)2(6)4(9)10/h8-12H,6-7H2,1-5H3;1-2,5-6H,(H,7,8)(H,9,10)/t12-;/m0./s1. The lowest BCUT2D eigenvalue weighted by atomic mass is 10.1. The van der Waals surface area contributed by atoms with Gasteiger partial charge in [0.25, 0.3) is 0 Å². The zero-order chi connectivity index (χ0) is 22.7. The predicted octanol–water partition coefficient (Wildman–Crippen LogP) is 1.03. The lowest BCUT2D eigenvalue weighted by molar-refractivity contribution is -0.165. The van der Waals surface area contributed by atoms with E-state index in [1.54, 1.807) is 4.90 Å². The average Bonchev–Trinajstić information content (AvgIpc) is 2.67. The number of carbonyl (C=O) groups is 3. The largest absolute Gasteiger partial charge is 0.479 e. The number of aliphatic hydroxyl groups is 2. The van der Waals surface area contributed by atoms with Crippen molar-refractivity contribution >= 4 is 18.0 Å². The van der Waals surface area contributed by atoms with E-state index in [4.69, 9.17) is 25.2 Å². The maximum atomic E-state index is 11.9. The van der Waals surface area contributed by atoms with Crippen LogP contribution >= 0.6 is 0 Å². The lowest BCUT2D eigenvalue weighted by Crippen LogP contribution is -2.39. The molecule has 0 bridgehead atoms. The highest BCUT2D eigenvalue weighted by atomic mass is 16.6. The number of nitrogens with zero attached hydrogens (tertiary/aromatic N) is 2. The van der Waals surface area contributed by atoms with Crippen molar-refractivity contribution in [1.82, 2.24) is 9.80 Å². The van der Waals surface area contributed by atoms with Crippen molar-refractivity contribution in [3.63, 3.8) is 0 Å². The minimum Gasteiger partial charge on any atom is -0.479 e. The predicted molar refractivity (Wildman–Crippen MR) is 105 cm³/mol. The lowest BCUT2D eigenvalue weighted by Gasteiger charge is -2.21. The number of carbonyl (C=O) groups excluding carboxylic acids is 1. The number of amides is 1. The molecule has 2 unspecified atom stereocenters. The molecular formula is C19H30N2O8. The SMILES string of the molecule is CCN(CC)C(=O)Oc1cccc([C@H](C)N(C)C)c1.O=C(O)C(O)C(O)C(=O)O. The van der Waals surface area contributed by atoms with Gasteiger partial charge >= 0.3 is 18.0 Å². The summed E-state index contributed by atoms with van der Waals surface area (Å²) < 4.78 is 5.40. The number of benzene rings is 1. The third-order valence-electron chi connectivity index (χ3n) is 4.15. The van der Waals surface area contributed by atoms with Crippen LogP contribution in [-0.2, 0) is 9.59 Å². The maximum Gasteiger partial charge on any atom is 0.415 e. The number of hydrogen-bond acceptors (Lipinski definition) is 7. The Bertz CT molecular complexity index is 658. The molecule has 0 radical (unpaired) electrons. The second kappa shape index (κ2) is 12.7. The van der Waals surface area contributed by atoms with Crippen LogP contribution < -0.4 is 4.74 Å². The zero-order valence-electron chi connectivity index (χ0n) is 17.3. The molecular weight excluding hydrogens is 384 g/mol. The van der Waals surface area contributed by atoms with E-state index in [9.17, 15) is 14.4 Å². The van der Waals surface area contributed by atoms with Gasteiger partial charge in [0.15, 0.2) is 12.2 Å². The van der Waals surface area contributed by atoms with Crippen LogP contribution in [0.4, 0.5) is 4.79 Å². The van der Waals surface area contributed by atoms with E-state index < -0.39 is 24.1 Å². The normalized spacial score (nSPS) is 13.5. The molecule has 10 heteroatoms. The summed E-state index contributed by atoms with van der Waals surface area (Å²) in [5.41, 5.74) is 1.13. The van der Waals surface area contributed by atoms with Crippen molar-refractivity contribution in [2.24, 2.45) is 0 Å². The quantitative estimate of drug-likeness (QED) is 0.489. The molecule has 4 N–H and O–H groups in total. The Labute approximate surface area is 169 Å². The molecule has 1 aromatic rings. The van der Waals surface area contributed by atoms with E-state index in [0.717, 1.165) is 5.56 Å². The summed E-state index contributed by atoms with van der Waals surface area (Å²) in [5.74, 6) is -2.94. The number of rotatable bonds is 8. The summed E-state index contributed by atoms with van der Waals surface area (Å²) in [5, 5.41) is 32.5. The molecule has 0 fully saturated rings. The van der Waals surface area contributed by atoms with Gasteiger partial charge in [-0.3, -0.25) is 0 Å². The molecule has 1 aromatic carbocycles. The third kappa shape index (κ3) is 8.90. The van der Waals surface area contributed by atoms with E-state index in [0.29, 0.717) is 18.8 Å². The van der Waals surface area contributed by atoms with E-state index in [1.165, 1.54) is 0 Å². The maximum absolute atomic E-state index is 11.9. The molecule has 29 heavy (non-hydrogen) atoms. The number of ether oxygens (including phenoxy) is 1. The molecule has 10 nitrogen and oxygen atoms in total. The first-order valence-corrected chi connectivity index (χ1v) is 9.01. The van der Waals surface area contributed by atoms with Gasteiger partial charge < -0.3 is 35.0 Å². The average molecular weight is 414 g/mol. The zero-order valence-corrected chi connectivity index (χ0v) is 17.3. The van der Waals surface area contributed by atoms with Crippen LogP contribution in [0.3, 0.4) is 0 Å². The fourth-order valence-electron chi connectivity index (χ4n) is 2.05. The van der Waals surface area contributed by atoms with Crippen LogP contribution in [0.2, 0.25) is 0 Å². The third-order valence-corrected chi connectivity index (χ3v) is 4.15. The smallest absolute Gasteiger partial charge is 0.415 e.